The van der Waals surface area contributed by atoms with Crippen LogP contribution in [0.1, 0.15) is 96.6 Å². The van der Waals surface area contributed by atoms with Gasteiger partial charge in [0.2, 0.25) is 0 Å². The van der Waals surface area contributed by atoms with E-state index in [2.05, 4.69) is 63.8 Å². The van der Waals surface area contributed by atoms with E-state index in [0.29, 0.717) is 17.6 Å². The molecular weight excluding hydrogens is 394 g/mol. The molecule has 0 spiro atoms. The standard InChI is InChI=1S/C29H43NO2/c1-6-7-8-9-14-28(2,3)22-18-25(31)27-23-17-21(20-30-15-10-11-16-30)12-13-24(23)29(4,5)32-26(27)19-22/h10-12,18-19,23-24,31H,6-9,13-17,20H2,1-5H3/t23-,24-/m0/s1. The van der Waals surface area contributed by atoms with Crippen LogP contribution in [0.15, 0.2) is 35.9 Å². The summed E-state index contributed by atoms with van der Waals surface area (Å²) in [7, 11) is 0. The number of benzene rings is 1. The Morgan fingerprint density at radius 3 is 2.59 bits per heavy atom. The van der Waals surface area contributed by atoms with E-state index in [9.17, 15) is 5.11 Å². The van der Waals surface area contributed by atoms with Gasteiger partial charge in [0.1, 0.15) is 17.1 Å². The van der Waals surface area contributed by atoms with E-state index in [-0.39, 0.29) is 11.0 Å². The zero-order valence-corrected chi connectivity index (χ0v) is 20.9. The normalized spacial score (nSPS) is 24.6. The lowest BCUT2D eigenvalue weighted by Crippen LogP contribution is -2.46. The summed E-state index contributed by atoms with van der Waals surface area (Å²) in [4.78, 5) is 2.49. The predicted molar refractivity (Wildman–Crippen MR) is 134 cm³/mol. The van der Waals surface area contributed by atoms with Crippen molar-refractivity contribution in [3.8, 4) is 11.5 Å². The second-order valence-electron chi connectivity index (χ2n) is 11.5. The van der Waals surface area contributed by atoms with Crippen LogP contribution in [-0.2, 0) is 5.41 Å². The molecule has 0 unspecified atom stereocenters. The van der Waals surface area contributed by atoms with Gasteiger partial charge in [0.05, 0.1) is 0 Å². The Kier molecular flexibility index (Phi) is 6.77. The summed E-state index contributed by atoms with van der Waals surface area (Å²) in [6.07, 6.45) is 15.2. The number of ether oxygens (including phenoxy) is 1. The Morgan fingerprint density at radius 2 is 1.88 bits per heavy atom. The molecule has 0 aromatic heterocycles. The van der Waals surface area contributed by atoms with Crippen molar-refractivity contribution < 1.29 is 9.84 Å². The number of unbranched alkanes of at least 4 members (excludes halogenated alkanes) is 3. The molecule has 32 heavy (non-hydrogen) atoms. The molecule has 0 saturated heterocycles. The largest absolute Gasteiger partial charge is 0.508 e. The average molecular weight is 438 g/mol. The second-order valence-corrected chi connectivity index (χ2v) is 11.5. The molecule has 2 aliphatic heterocycles. The summed E-state index contributed by atoms with van der Waals surface area (Å²) < 4.78 is 6.61. The van der Waals surface area contributed by atoms with Gasteiger partial charge in [0.15, 0.2) is 0 Å². The first-order chi connectivity index (χ1) is 15.2. The SMILES string of the molecule is CCCCCCC(C)(C)c1cc(O)c2c(c1)OC(C)(C)[C@H]1CC=C(CN3CC=CC3)C[C@H]21. The molecule has 1 N–H and O–H groups in total. The molecule has 0 saturated carbocycles. The van der Waals surface area contributed by atoms with Crippen molar-refractivity contribution in [1.82, 2.24) is 4.90 Å². The minimum absolute atomic E-state index is 0.0327. The Balaban J connectivity index is 1.59. The fraction of sp³-hybridized carbons (Fsp3) is 0.655. The average Bonchev–Trinajstić information content (AvgIpc) is 3.23. The van der Waals surface area contributed by atoms with E-state index >= 15 is 0 Å². The molecule has 176 valence electrons. The van der Waals surface area contributed by atoms with E-state index in [4.69, 9.17) is 4.74 Å². The van der Waals surface area contributed by atoms with Gasteiger partial charge in [-0.25, -0.2) is 0 Å². The van der Waals surface area contributed by atoms with Crippen LogP contribution in [0.3, 0.4) is 0 Å². The van der Waals surface area contributed by atoms with E-state index in [0.717, 1.165) is 50.2 Å². The number of hydrogen-bond donors (Lipinski definition) is 1. The van der Waals surface area contributed by atoms with Crippen LogP contribution < -0.4 is 4.74 Å². The fourth-order valence-corrected chi connectivity index (χ4v) is 6.06. The Morgan fingerprint density at radius 1 is 1.12 bits per heavy atom. The molecule has 2 heterocycles. The van der Waals surface area contributed by atoms with Crippen LogP contribution in [0.4, 0.5) is 0 Å². The molecule has 1 aliphatic carbocycles. The molecular formula is C29H43NO2. The topological polar surface area (TPSA) is 32.7 Å². The summed E-state index contributed by atoms with van der Waals surface area (Å²) in [5.74, 6) is 2.07. The summed E-state index contributed by atoms with van der Waals surface area (Å²) in [6, 6.07) is 4.29. The van der Waals surface area contributed by atoms with Crippen molar-refractivity contribution in [1.29, 1.82) is 0 Å². The van der Waals surface area contributed by atoms with Gasteiger partial charge < -0.3 is 9.84 Å². The van der Waals surface area contributed by atoms with Gasteiger partial charge in [-0.1, -0.05) is 70.3 Å². The fourth-order valence-electron chi connectivity index (χ4n) is 6.06. The highest BCUT2D eigenvalue weighted by atomic mass is 16.5. The van der Waals surface area contributed by atoms with Gasteiger partial charge >= 0.3 is 0 Å². The number of phenolic OH excluding ortho intramolecular Hbond substituents is 1. The molecule has 2 atom stereocenters. The lowest BCUT2D eigenvalue weighted by molar-refractivity contribution is 0.00696. The minimum Gasteiger partial charge on any atom is -0.508 e. The van der Waals surface area contributed by atoms with Crippen molar-refractivity contribution in [2.24, 2.45) is 5.92 Å². The van der Waals surface area contributed by atoms with Crippen molar-refractivity contribution in [3.05, 3.63) is 47.1 Å². The van der Waals surface area contributed by atoms with Crippen LogP contribution in [0, 0.1) is 5.92 Å². The smallest absolute Gasteiger partial charge is 0.127 e. The van der Waals surface area contributed by atoms with Crippen LogP contribution in [-0.4, -0.2) is 35.2 Å². The molecule has 0 bridgehead atoms. The van der Waals surface area contributed by atoms with E-state index in [1.807, 2.05) is 6.07 Å². The van der Waals surface area contributed by atoms with E-state index in [1.165, 1.54) is 36.8 Å². The highest BCUT2D eigenvalue weighted by Gasteiger charge is 2.46. The number of nitrogens with zero attached hydrogens (tertiary/aromatic N) is 1. The first kappa shape index (κ1) is 23.4. The molecule has 0 fully saturated rings. The number of allylic oxidation sites excluding steroid dienone is 1. The molecule has 0 radical (unpaired) electrons. The summed E-state index contributed by atoms with van der Waals surface area (Å²) >= 11 is 0. The van der Waals surface area contributed by atoms with Crippen LogP contribution in [0.2, 0.25) is 0 Å². The number of fused-ring (bicyclic) bond motifs is 3. The van der Waals surface area contributed by atoms with Gasteiger partial charge in [-0.3, -0.25) is 4.90 Å². The molecule has 0 amide bonds. The summed E-state index contributed by atoms with van der Waals surface area (Å²) in [6.45, 7) is 14.5. The number of aromatic hydroxyl groups is 1. The van der Waals surface area contributed by atoms with Gasteiger partial charge in [-0.15, -0.1) is 0 Å². The lowest BCUT2D eigenvalue weighted by Gasteiger charge is -2.47. The number of rotatable bonds is 8. The third kappa shape index (κ3) is 4.78. The second kappa shape index (κ2) is 9.25. The molecule has 4 rings (SSSR count). The van der Waals surface area contributed by atoms with Crippen molar-refractivity contribution >= 4 is 0 Å². The first-order valence-corrected chi connectivity index (χ1v) is 12.8. The van der Waals surface area contributed by atoms with Gasteiger partial charge in [0.25, 0.3) is 0 Å². The Bertz CT molecular complexity index is 871. The van der Waals surface area contributed by atoms with Gasteiger partial charge in [-0.2, -0.15) is 0 Å². The lowest BCUT2D eigenvalue weighted by atomic mass is 9.66. The molecule has 3 heteroatoms. The van der Waals surface area contributed by atoms with Crippen molar-refractivity contribution in [3.63, 3.8) is 0 Å². The summed E-state index contributed by atoms with van der Waals surface area (Å²) in [5, 5.41) is 11.3. The van der Waals surface area contributed by atoms with Gasteiger partial charge in [-0.05, 0) is 56.2 Å². The molecule has 1 aromatic rings. The Hall–Kier alpha value is -1.74. The molecule has 3 aliphatic rings. The van der Waals surface area contributed by atoms with E-state index < -0.39 is 0 Å². The zero-order chi connectivity index (χ0) is 22.9. The van der Waals surface area contributed by atoms with Crippen molar-refractivity contribution in [2.45, 2.75) is 96.5 Å². The third-order valence-corrected chi connectivity index (χ3v) is 8.14. The van der Waals surface area contributed by atoms with Crippen molar-refractivity contribution in [2.75, 3.05) is 19.6 Å². The summed E-state index contributed by atoms with van der Waals surface area (Å²) in [5.41, 5.74) is 3.56. The maximum atomic E-state index is 11.3. The molecule has 1 aromatic carbocycles. The van der Waals surface area contributed by atoms with Crippen LogP contribution in [0.25, 0.3) is 0 Å². The first-order valence-electron chi connectivity index (χ1n) is 12.8. The Labute approximate surface area is 195 Å². The van der Waals surface area contributed by atoms with Crippen LogP contribution in [0.5, 0.6) is 11.5 Å². The maximum absolute atomic E-state index is 11.3. The molecule has 3 nitrogen and oxygen atoms in total. The minimum atomic E-state index is -0.231. The van der Waals surface area contributed by atoms with Gasteiger partial charge in [0, 0.05) is 37.0 Å². The highest BCUT2D eigenvalue weighted by molar-refractivity contribution is 5.54. The highest BCUT2D eigenvalue weighted by Crippen LogP contribution is 2.55. The monoisotopic (exact) mass is 437 g/mol. The third-order valence-electron chi connectivity index (χ3n) is 8.14. The van der Waals surface area contributed by atoms with E-state index in [1.54, 1.807) is 0 Å². The number of hydrogen-bond acceptors (Lipinski definition) is 3. The maximum Gasteiger partial charge on any atom is 0.127 e. The quantitative estimate of drug-likeness (QED) is 0.348. The van der Waals surface area contributed by atoms with Crippen LogP contribution >= 0.6 is 0 Å². The number of phenols is 1. The predicted octanol–water partition coefficient (Wildman–Crippen LogP) is 7.10. The zero-order valence-electron chi connectivity index (χ0n) is 20.9.